The van der Waals surface area contributed by atoms with Gasteiger partial charge < -0.3 is 5.73 Å². The molecular formula is C22H21N7O3S. The smallest absolute Gasteiger partial charge is 0.332 e. The molecule has 11 heteroatoms. The topological polar surface area (TPSA) is 131 Å². The van der Waals surface area contributed by atoms with Crippen LogP contribution in [0.1, 0.15) is 21.5 Å². The highest BCUT2D eigenvalue weighted by Gasteiger charge is 2.22. The number of thioether (sulfide) groups is 1. The monoisotopic (exact) mass is 463 g/mol. The van der Waals surface area contributed by atoms with Gasteiger partial charge in [0.05, 0.1) is 18.8 Å². The van der Waals surface area contributed by atoms with Crippen molar-refractivity contribution in [3.63, 3.8) is 0 Å². The lowest BCUT2D eigenvalue weighted by Gasteiger charge is -2.14. The van der Waals surface area contributed by atoms with Gasteiger partial charge in [-0.2, -0.15) is 0 Å². The summed E-state index contributed by atoms with van der Waals surface area (Å²) in [6.07, 6.45) is 0. The van der Waals surface area contributed by atoms with Crippen molar-refractivity contribution in [3.8, 4) is 0 Å². The van der Waals surface area contributed by atoms with Crippen molar-refractivity contribution in [1.82, 2.24) is 29.3 Å². The summed E-state index contributed by atoms with van der Waals surface area (Å²) in [5.41, 5.74) is 6.45. The molecule has 0 bridgehead atoms. The third-order valence-corrected chi connectivity index (χ3v) is 6.01. The van der Waals surface area contributed by atoms with Crippen LogP contribution in [0, 0.1) is 0 Å². The third kappa shape index (κ3) is 4.77. The maximum atomic E-state index is 13.0. The molecule has 0 atom stereocenters. The average Bonchev–Trinajstić information content (AvgIpc) is 3.27. The lowest BCUT2D eigenvalue weighted by Crippen LogP contribution is -2.43. The summed E-state index contributed by atoms with van der Waals surface area (Å²) in [5.74, 6) is -0.770. The number of rotatable bonds is 8. The van der Waals surface area contributed by atoms with Crippen molar-refractivity contribution in [1.29, 1.82) is 0 Å². The van der Waals surface area contributed by atoms with Crippen LogP contribution >= 0.6 is 11.8 Å². The molecule has 0 aliphatic heterocycles. The van der Waals surface area contributed by atoms with Crippen LogP contribution in [-0.2, 0) is 20.1 Å². The van der Waals surface area contributed by atoms with Crippen molar-refractivity contribution in [2.45, 2.75) is 18.2 Å². The highest BCUT2D eigenvalue weighted by molar-refractivity contribution is 7.99. The van der Waals surface area contributed by atoms with Gasteiger partial charge in [-0.05, 0) is 21.6 Å². The zero-order chi connectivity index (χ0) is 23.4. The van der Waals surface area contributed by atoms with Crippen molar-refractivity contribution >= 4 is 23.4 Å². The zero-order valence-corrected chi connectivity index (χ0v) is 18.6. The predicted octanol–water partition coefficient (Wildman–Crippen LogP) is 1.19. The summed E-state index contributed by atoms with van der Waals surface area (Å²) in [6, 6.07) is 18.8. The highest BCUT2D eigenvalue weighted by atomic mass is 32.2. The summed E-state index contributed by atoms with van der Waals surface area (Å²) >= 11 is 1.10. The van der Waals surface area contributed by atoms with Gasteiger partial charge in [0, 0.05) is 7.05 Å². The van der Waals surface area contributed by atoms with Crippen LogP contribution in [0.15, 0.2) is 75.4 Å². The summed E-state index contributed by atoms with van der Waals surface area (Å²) in [4.78, 5) is 38.4. The number of aromatic nitrogens is 6. The van der Waals surface area contributed by atoms with E-state index in [0.717, 1.165) is 27.5 Å². The number of Topliss-reactive ketones (excluding diaryl/α,β-unsaturated/α-hetero) is 1. The number of hydrogen-bond acceptors (Lipinski definition) is 8. The first-order valence-corrected chi connectivity index (χ1v) is 11.0. The Morgan fingerprint density at radius 2 is 1.58 bits per heavy atom. The molecule has 0 saturated carbocycles. The second-order valence-electron chi connectivity index (χ2n) is 7.30. The standard InChI is InChI=1S/C22H21N7O3S/c1-27-20(31)18(19(23)28(22(27)32)12-15-8-4-2-5-9-15)17(30)14-33-21-24-25-26-29(21)13-16-10-6-3-7-11-16/h2-11H,12-14,23H2,1H3. The molecule has 168 valence electrons. The molecule has 10 nitrogen and oxygen atoms in total. The number of nitrogens with two attached hydrogens (primary N) is 1. The number of benzene rings is 2. The van der Waals surface area contributed by atoms with Gasteiger partial charge in [-0.15, -0.1) is 5.10 Å². The fourth-order valence-corrected chi connectivity index (χ4v) is 4.07. The Kier molecular flexibility index (Phi) is 6.50. The zero-order valence-electron chi connectivity index (χ0n) is 17.8. The van der Waals surface area contributed by atoms with Gasteiger partial charge in [-0.25, -0.2) is 9.48 Å². The van der Waals surface area contributed by atoms with Crippen LogP contribution in [0.2, 0.25) is 0 Å². The SMILES string of the molecule is Cn1c(=O)c(C(=O)CSc2nnnn2Cc2ccccc2)c(N)n(Cc2ccccc2)c1=O. The van der Waals surface area contributed by atoms with Gasteiger partial charge in [0.25, 0.3) is 5.56 Å². The minimum atomic E-state index is -0.726. The molecular weight excluding hydrogens is 442 g/mol. The van der Waals surface area contributed by atoms with Gasteiger partial charge in [-0.1, -0.05) is 72.4 Å². The second-order valence-corrected chi connectivity index (χ2v) is 8.24. The maximum Gasteiger partial charge on any atom is 0.332 e. The molecule has 0 aliphatic rings. The van der Waals surface area contributed by atoms with E-state index in [4.69, 9.17) is 5.73 Å². The molecule has 0 spiro atoms. The number of carbonyl (C=O) groups is 1. The molecule has 0 unspecified atom stereocenters. The lowest BCUT2D eigenvalue weighted by atomic mass is 10.2. The van der Waals surface area contributed by atoms with Crippen LogP contribution in [0.25, 0.3) is 0 Å². The van der Waals surface area contributed by atoms with E-state index in [1.54, 1.807) is 4.68 Å². The van der Waals surface area contributed by atoms with Gasteiger partial charge in [0.15, 0.2) is 5.78 Å². The first kappa shape index (κ1) is 22.2. The number of anilines is 1. The van der Waals surface area contributed by atoms with Crippen molar-refractivity contribution in [3.05, 3.63) is 98.2 Å². The minimum Gasteiger partial charge on any atom is -0.384 e. The first-order valence-electron chi connectivity index (χ1n) is 10.0. The molecule has 0 amide bonds. The van der Waals surface area contributed by atoms with E-state index in [2.05, 4.69) is 15.5 Å². The van der Waals surface area contributed by atoms with Gasteiger partial charge in [0.2, 0.25) is 5.16 Å². The van der Waals surface area contributed by atoms with Crippen LogP contribution in [0.4, 0.5) is 5.82 Å². The van der Waals surface area contributed by atoms with E-state index in [0.29, 0.717) is 11.7 Å². The Morgan fingerprint density at radius 3 is 2.21 bits per heavy atom. The molecule has 0 fully saturated rings. The number of nitrogens with zero attached hydrogens (tertiary/aromatic N) is 6. The molecule has 33 heavy (non-hydrogen) atoms. The number of hydrogen-bond donors (Lipinski definition) is 1. The van der Waals surface area contributed by atoms with E-state index < -0.39 is 17.0 Å². The Morgan fingerprint density at radius 1 is 0.970 bits per heavy atom. The predicted molar refractivity (Wildman–Crippen MR) is 124 cm³/mol. The Hall–Kier alpha value is -3.99. The Balaban J connectivity index is 1.57. The van der Waals surface area contributed by atoms with Crippen molar-refractivity contribution in [2.24, 2.45) is 7.05 Å². The number of nitrogen functional groups attached to an aromatic ring is 1. The van der Waals surface area contributed by atoms with Crippen molar-refractivity contribution < 1.29 is 4.79 Å². The molecule has 4 aromatic rings. The fourth-order valence-electron chi connectivity index (χ4n) is 3.32. The number of ketones is 1. The molecule has 2 aromatic heterocycles. The molecule has 0 aliphatic carbocycles. The van der Waals surface area contributed by atoms with E-state index in [-0.39, 0.29) is 23.7 Å². The van der Waals surface area contributed by atoms with E-state index in [9.17, 15) is 14.4 Å². The van der Waals surface area contributed by atoms with E-state index in [1.165, 1.54) is 11.6 Å². The van der Waals surface area contributed by atoms with E-state index >= 15 is 0 Å². The Bertz CT molecular complexity index is 1400. The van der Waals surface area contributed by atoms with Crippen LogP contribution < -0.4 is 17.0 Å². The Labute approximate surface area is 192 Å². The minimum absolute atomic E-state index is 0.113. The summed E-state index contributed by atoms with van der Waals surface area (Å²) in [7, 11) is 1.33. The summed E-state index contributed by atoms with van der Waals surface area (Å²) in [5, 5.41) is 12.1. The van der Waals surface area contributed by atoms with Gasteiger partial charge in [0.1, 0.15) is 11.4 Å². The molecule has 2 N–H and O–H groups in total. The van der Waals surface area contributed by atoms with Gasteiger partial charge in [-0.3, -0.25) is 18.7 Å². The summed E-state index contributed by atoms with van der Waals surface area (Å²) < 4.78 is 3.70. The molecule has 2 heterocycles. The first-order chi connectivity index (χ1) is 16.0. The van der Waals surface area contributed by atoms with Gasteiger partial charge >= 0.3 is 5.69 Å². The molecule has 0 saturated heterocycles. The highest BCUT2D eigenvalue weighted by Crippen LogP contribution is 2.18. The number of carbonyl (C=O) groups excluding carboxylic acids is 1. The van der Waals surface area contributed by atoms with Crippen molar-refractivity contribution in [2.75, 3.05) is 11.5 Å². The van der Waals surface area contributed by atoms with Crippen LogP contribution in [-0.4, -0.2) is 40.9 Å². The molecule has 4 rings (SSSR count). The lowest BCUT2D eigenvalue weighted by molar-refractivity contribution is 0.102. The quantitative estimate of drug-likeness (QED) is 0.305. The summed E-state index contributed by atoms with van der Waals surface area (Å²) in [6.45, 7) is 0.582. The largest absolute Gasteiger partial charge is 0.384 e. The van der Waals surface area contributed by atoms with Crippen LogP contribution in [0.5, 0.6) is 0 Å². The van der Waals surface area contributed by atoms with Crippen LogP contribution in [0.3, 0.4) is 0 Å². The number of tetrazole rings is 1. The molecule has 0 radical (unpaired) electrons. The fraction of sp³-hybridized carbons (Fsp3) is 0.182. The third-order valence-electron chi connectivity index (χ3n) is 5.05. The molecule has 2 aromatic carbocycles. The normalized spacial score (nSPS) is 10.9. The second kappa shape index (κ2) is 9.65. The van der Waals surface area contributed by atoms with E-state index in [1.807, 2.05) is 60.7 Å². The maximum absolute atomic E-state index is 13.0. The average molecular weight is 464 g/mol.